The van der Waals surface area contributed by atoms with E-state index in [2.05, 4.69) is 5.32 Å². The molecule has 0 saturated carbocycles. The van der Waals surface area contributed by atoms with Crippen LogP contribution in [0.3, 0.4) is 0 Å². The predicted molar refractivity (Wildman–Crippen MR) is 105 cm³/mol. The van der Waals surface area contributed by atoms with E-state index in [1.807, 2.05) is 60.4 Å². The van der Waals surface area contributed by atoms with Crippen molar-refractivity contribution in [3.63, 3.8) is 0 Å². The maximum absolute atomic E-state index is 12.7. The first kappa shape index (κ1) is 19.0. The van der Waals surface area contributed by atoms with Crippen molar-refractivity contribution in [2.45, 2.75) is 32.2 Å². The van der Waals surface area contributed by atoms with Crippen LogP contribution in [-0.4, -0.2) is 43.0 Å². The molecule has 27 heavy (non-hydrogen) atoms. The first-order valence-electron chi connectivity index (χ1n) is 9.34. The molecule has 1 N–H and O–H groups in total. The molecule has 0 spiro atoms. The van der Waals surface area contributed by atoms with Gasteiger partial charge in [0.15, 0.2) is 0 Å². The molecular formula is C22H26N2O3. The van der Waals surface area contributed by atoms with Crippen LogP contribution in [0.2, 0.25) is 0 Å². The molecule has 0 aliphatic carbocycles. The van der Waals surface area contributed by atoms with Gasteiger partial charge in [-0.05, 0) is 49.1 Å². The minimum absolute atomic E-state index is 0.0175. The highest BCUT2D eigenvalue weighted by atomic mass is 16.5. The SMILES string of the molecule is COc1ccc(CC(=O)NC2CCN(C(=O)c3ccccc3C)CC2)cc1. The fourth-order valence-corrected chi connectivity index (χ4v) is 3.42. The van der Waals surface area contributed by atoms with Crippen LogP contribution in [0.1, 0.15) is 34.3 Å². The first-order valence-corrected chi connectivity index (χ1v) is 9.34. The third-order valence-electron chi connectivity index (χ3n) is 5.05. The van der Waals surface area contributed by atoms with Crippen molar-refractivity contribution in [3.05, 3.63) is 65.2 Å². The van der Waals surface area contributed by atoms with Crippen LogP contribution < -0.4 is 10.1 Å². The molecule has 2 aromatic carbocycles. The number of methoxy groups -OCH3 is 1. The van der Waals surface area contributed by atoms with Gasteiger partial charge < -0.3 is 15.0 Å². The van der Waals surface area contributed by atoms with Gasteiger partial charge in [-0.15, -0.1) is 0 Å². The monoisotopic (exact) mass is 366 g/mol. The molecule has 1 aliphatic rings. The normalized spacial score (nSPS) is 14.7. The highest BCUT2D eigenvalue weighted by Gasteiger charge is 2.25. The summed E-state index contributed by atoms with van der Waals surface area (Å²) in [5.41, 5.74) is 2.72. The molecule has 142 valence electrons. The quantitative estimate of drug-likeness (QED) is 0.885. The Morgan fingerprint density at radius 3 is 2.37 bits per heavy atom. The summed E-state index contributed by atoms with van der Waals surface area (Å²) in [7, 11) is 1.62. The number of nitrogens with one attached hydrogen (secondary N) is 1. The molecule has 2 aromatic rings. The second-order valence-corrected chi connectivity index (χ2v) is 6.97. The number of hydrogen-bond acceptors (Lipinski definition) is 3. The van der Waals surface area contributed by atoms with Crippen LogP contribution in [0.15, 0.2) is 48.5 Å². The minimum Gasteiger partial charge on any atom is -0.497 e. The van der Waals surface area contributed by atoms with E-state index in [4.69, 9.17) is 4.74 Å². The van der Waals surface area contributed by atoms with E-state index < -0.39 is 0 Å². The van der Waals surface area contributed by atoms with Crippen LogP contribution in [0.5, 0.6) is 5.75 Å². The molecule has 2 amide bonds. The Labute approximate surface area is 160 Å². The molecule has 0 radical (unpaired) electrons. The maximum atomic E-state index is 12.7. The first-order chi connectivity index (χ1) is 13.1. The summed E-state index contributed by atoms with van der Waals surface area (Å²) in [4.78, 5) is 26.8. The number of ether oxygens (including phenoxy) is 1. The molecular weight excluding hydrogens is 340 g/mol. The lowest BCUT2D eigenvalue weighted by atomic mass is 10.0. The van der Waals surface area contributed by atoms with E-state index in [1.54, 1.807) is 7.11 Å². The van der Waals surface area contributed by atoms with Gasteiger partial charge in [0.2, 0.25) is 5.91 Å². The number of hydrogen-bond donors (Lipinski definition) is 1. The summed E-state index contributed by atoms with van der Waals surface area (Å²) in [6.07, 6.45) is 1.92. The Morgan fingerprint density at radius 1 is 1.07 bits per heavy atom. The van der Waals surface area contributed by atoms with Crippen molar-refractivity contribution in [2.75, 3.05) is 20.2 Å². The topological polar surface area (TPSA) is 58.6 Å². The van der Waals surface area contributed by atoms with E-state index in [0.717, 1.165) is 35.3 Å². The standard InChI is InChI=1S/C22H26N2O3/c1-16-5-3-4-6-20(16)22(26)24-13-11-18(12-14-24)23-21(25)15-17-7-9-19(27-2)10-8-17/h3-10,18H,11-15H2,1-2H3,(H,23,25). The van der Waals surface area contributed by atoms with E-state index in [-0.39, 0.29) is 17.9 Å². The third kappa shape index (κ3) is 4.88. The number of nitrogens with zero attached hydrogens (tertiary/aromatic N) is 1. The number of likely N-dealkylation sites (tertiary alicyclic amines) is 1. The zero-order valence-corrected chi connectivity index (χ0v) is 15.9. The molecule has 1 heterocycles. The number of aryl methyl sites for hydroxylation is 1. The highest BCUT2D eigenvalue weighted by molar-refractivity contribution is 5.95. The van der Waals surface area contributed by atoms with Gasteiger partial charge in [-0.25, -0.2) is 0 Å². The van der Waals surface area contributed by atoms with Gasteiger partial charge in [0.05, 0.1) is 13.5 Å². The smallest absolute Gasteiger partial charge is 0.254 e. The van der Waals surface area contributed by atoms with Gasteiger partial charge in [-0.2, -0.15) is 0 Å². The number of rotatable bonds is 5. The Kier molecular flexibility index (Phi) is 6.12. The number of benzene rings is 2. The molecule has 5 nitrogen and oxygen atoms in total. The Morgan fingerprint density at radius 2 is 1.74 bits per heavy atom. The van der Waals surface area contributed by atoms with E-state index in [1.165, 1.54) is 0 Å². The number of carbonyl (C=O) groups excluding carboxylic acids is 2. The van der Waals surface area contributed by atoms with Crippen molar-refractivity contribution < 1.29 is 14.3 Å². The molecule has 0 aromatic heterocycles. The summed E-state index contributed by atoms with van der Waals surface area (Å²) in [6, 6.07) is 15.3. The van der Waals surface area contributed by atoms with Gasteiger partial charge in [0.25, 0.3) is 5.91 Å². The fraction of sp³-hybridized carbons (Fsp3) is 0.364. The average Bonchev–Trinajstić information content (AvgIpc) is 2.69. The summed E-state index contributed by atoms with van der Waals surface area (Å²) in [6.45, 7) is 3.29. The van der Waals surface area contributed by atoms with Crippen molar-refractivity contribution in [2.24, 2.45) is 0 Å². The molecule has 1 aliphatic heterocycles. The van der Waals surface area contributed by atoms with Gasteiger partial charge in [0.1, 0.15) is 5.75 Å². The van der Waals surface area contributed by atoms with Crippen LogP contribution in [0.4, 0.5) is 0 Å². The molecule has 1 fully saturated rings. The second-order valence-electron chi connectivity index (χ2n) is 6.97. The molecule has 3 rings (SSSR count). The minimum atomic E-state index is 0.0175. The van der Waals surface area contributed by atoms with Gasteiger partial charge in [-0.3, -0.25) is 9.59 Å². The molecule has 0 bridgehead atoms. The highest BCUT2D eigenvalue weighted by Crippen LogP contribution is 2.17. The Bertz CT molecular complexity index is 793. The van der Waals surface area contributed by atoms with Crippen molar-refractivity contribution >= 4 is 11.8 Å². The predicted octanol–water partition coefficient (Wildman–Crippen LogP) is 2.97. The van der Waals surface area contributed by atoms with Gasteiger partial charge in [-0.1, -0.05) is 30.3 Å². The zero-order chi connectivity index (χ0) is 19.2. The van der Waals surface area contributed by atoms with Gasteiger partial charge in [0, 0.05) is 24.7 Å². The lowest BCUT2D eigenvalue weighted by Crippen LogP contribution is -2.47. The van der Waals surface area contributed by atoms with E-state index in [9.17, 15) is 9.59 Å². The van der Waals surface area contributed by atoms with Crippen LogP contribution in [-0.2, 0) is 11.2 Å². The van der Waals surface area contributed by atoms with Crippen LogP contribution in [0.25, 0.3) is 0 Å². The lowest BCUT2D eigenvalue weighted by molar-refractivity contribution is -0.121. The number of carbonyl (C=O) groups is 2. The molecule has 5 heteroatoms. The average molecular weight is 366 g/mol. The Balaban J connectivity index is 1.48. The molecule has 1 saturated heterocycles. The fourth-order valence-electron chi connectivity index (χ4n) is 3.42. The van der Waals surface area contributed by atoms with Crippen molar-refractivity contribution in [1.82, 2.24) is 10.2 Å². The number of piperidine rings is 1. The molecule has 0 unspecified atom stereocenters. The van der Waals surface area contributed by atoms with Crippen LogP contribution >= 0.6 is 0 Å². The summed E-state index contributed by atoms with van der Waals surface area (Å²) in [5, 5.41) is 3.10. The zero-order valence-electron chi connectivity index (χ0n) is 15.9. The maximum Gasteiger partial charge on any atom is 0.254 e. The van der Waals surface area contributed by atoms with Crippen molar-refractivity contribution in [1.29, 1.82) is 0 Å². The summed E-state index contributed by atoms with van der Waals surface area (Å²) < 4.78 is 5.13. The van der Waals surface area contributed by atoms with Crippen LogP contribution in [0, 0.1) is 6.92 Å². The van der Waals surface area contributed by atoms with E-state index >= 15 is 0 Å². The largest absolute Gasteiger partial charge is 0.497 e. The van der Waals surface area contributed by atoms with Gasteiger partial charge >= 0.3 is 0 Å². The summed E-state index contributed by atoms with van der Waals surface area (Å²) in [5.74, 6) is 0.879. The summed E-state index contributed by atoms with van der Waals surface area (Å²) >= 11 is 0. The second kappa shape index (κ2) is 8.71. The lowest BCUT2D eigenvalue weighted by Gasteiger charge is -2.32. The Hall–Kier alpha value is -2.82. The van der Waals surface area contributed by atoms with E-state index in [0.29, 0.717) is 19.5 Å². The number of amides is 2. The third-order valence-corrected chi connectivity index (χ3v) is 5.05. The van der Waals surface area contributed by atoms with Crippen molar-refractivity contribution in [3.8, 4) is 5.75 Å². The molecule has 0 atom stereocenters.